The molecule has 1 aliphatic rings. The van der Waals surface area contributed by atoms with Crippen LogP contribution in [0.3, 0.4) is 0 Å². The zero-order chi connectivity index (χ0) is 26.6. The Bertz CT molecular complexity index is 1420. The molecule has 0 saturated carbocycles. The highest BCUT2D eigenvalue weighted by Crippen LogP contribution is 2.31. The minimum absolute atomic E-state index is 0.00198. The van der Waals surface area contributed by atoms with Crippen molar-refractivity contribution in [3.05, 3.63) is 89.2 Å². The number of sulfonamides is 1. The van der Waals surface area contributed by atoms with E-state index in [2.05, 4.69) is 9.71 Å². The minimum atomic E-state index is -4.05. The van der Waals surface area contributed by atoms with E-state index in [1.807, 2.05) is 30.3 Å². The van der Waals surface area contributed by atoms with E-state index in [9.17, 15) is 22.7 Å². The van der Waals surface area contributed by atoms with Gasteiger partial charge in [-0.25, -0.2) is 12.8 Å². The number of benzene rings is 3. The van der Waals surface area contributed by atoms with Crippen LogP contribution in [0.2, 0.25) is 0 Å². The molecular weight excluding hydrogens is 493 g/mol. The maximum absolute atomic E-state index is 15.0. The number of piperidine rings is 1. The molecule has 1 saturated heterocycles. The number of carbonyl (C=O) groups is 1. The number of aliphatic imine (C=N–C) groups is 1. The monoisotopic (exact) mass is 523 g/mol. The molecule has 0 atom stereocenters. The van der Waals surface area contributed by atoms with Crippen LogP contribution in [-0.2, 0) is 16.4 Å². The van der Waals surface area contributed by atoms with Crippen molar-refractivity contribution in [1.82, 2.24) is 4.90 Å². The van der Waals surface area contributed by atoms with E-state index in [1.165, 1.54) is 29.3 Å². The number of likely N-dealkylation sites (tertiary alicyclic amines) is 1. The fraction of sp³-hybridized carbons (Fsp3) is 0.286. The van der Waals surface area contributed by atoms with Gasteiger partial charge < -0.3 is 10.0 Å². The average Bonchev–Trinajstić information content (AvgIpc) is 2.86. The second-order valence-corrected chi connectivity index (χ2v) is 10.9. The lowest BCUT2D eigenvalue weighted by atomic mass is 9.85. The van der Waals surface area contributed by atoms with Crippen LogP contribution in [0.4, 0.5) is 15.8 Å². The van der Waals surface area contributed by atoms with Crippen LogP contribution in [0.5, 0.6) is 0 Å². The Morgan fingerprint density at radius 2 is 1.81 bits per heavy atom. The van der Waals surface area contributed by atoms with Gasteiger partial charge in [0.25, 0.3) is 15.9 Å². The molecule has 0 spiro atoms. The van der Waals surface area contributed by atoms with Crippen LogP contribution in [-0.4, -0.2) is 49.2 Å². The Kier molecular flexibility index (Phi) is 7.75. The molecule has 7 nitrogen and oxygen atoms in total. The molecule has 3 aromatic rings. The third-order valence-corrected chi connectivity index (χ3v) is 7.97. The number of rotatable bonds is 7. The first-order valence-corrected chi connectivity index (χ1v) is 13.6. The Balaban J connectivity index is 1.45. The van der Waals surface area contributed by atoms with Crippen molar-refractivity contribution in [3.8, 4) is 0 Å². The summed E-state index contributed by atoms with van der Waals surface area (Å²) in [6, 6.07) is 18.1. The van der Waals surface area contributed by atoms with Gasteiger partial charge in [-0.2, -0.15) is 0 Å². The van der Waals surface area contributed by atoms with Crippen molar-refractivity contribution in [2.45, 2.75) is 43.6 Å². The number of carbonyl (C=O) groups excluding carboxylic acids is 1. The normalized spacial score (nSPS) is 15.6. The molecule has 9 heteroatoms. The lowest BCUT2D eigenvalue weighted by Crippen LogP contribution is -2.47. The maximum atomic E-state index is 15.0. The molecule has 0 radical (unpaired) electrons. The number of aryl methyl sites for hydroxylation is 1. The van der Waals surface area contributed by atoms with Crippen LogP contribution >= 0.6 is 0 Å². The topological polar surface area (TPSA) is 99.1 Å². The average molecular weight is 524 g/mol. The first kappa shape index (κ1) is 26.5. The van der Waals surface area contributed by atoms with Crippen molar-refractivity contribution in [2.24, 2.45) is 4.99 Å². The van der Waals surface area contributed by atoms with Crippen molar-refractivity contribution in [1.29, 1.82) is 0 Å². The number of hydrogen-bond acceptors (Lipinski definition) is 5. The smallest absolute Gasteiger partial charge is 0.264 e. The zero-order valence-corrected chi connectivity index (χ0v) is 21.6. The number of nitrogens with one attached hydrogen (secondary N) is 1. The molecule has 37 heavy (non-hydrogen) atoms. The first-order chi connectivity index (χ1) is 17.6. The van der Waals surface area contributed by atoms with Gasteiger partial charge in [-0.3, -0.25) is 14.5 Å². The Morgan fingerprint density at radius 3 is 2.46 bits per heavy atom. The molecule has 0 aliphatic carbocycles. The SMILES string of the molecule is CC=Nc1c(C)cccc1S(=O)(=O)Nc1ccc(C(=O)N2CCC(O)(Cc3ccccc3)CC2)c(F)c1. The summed E-state index contributed by atoms with van der Waals surface area (Å²) >= 11 is 0. The van der Waals surface area contributed by atoms with Gasteiger partial charge >= 0.3 is 0 Å². The molecular formula is C28H30FN3O4S. The van der Waals surface area contributed by atoms with Crippen LogP contribution in [0.25, 0.3) is 0 Å². The van der Waals surface area contributed by atoms with Crippen LogP contribution < -0.4 is 4.72 Å². The van der Waals surface area contributed by atoms with Crippen LogP contribution in [0, 0.1) is 12.7 Å². The summed E-state index contributed by atoms with van der Waals surface area (Å²) in [6.07, 6.45) is 2.76. The highest BCUT2D eigenvalue weighted by atomic mass is 32.2. The van der Waals surface area contributed by atoms with E-state index in [4.69, 9.17) is 0 Å². The predicted octanol–water partition coefficient (Wildman–Crippen LogP) is 4.87. The second-order valence-electron chi connectivity index (χ2n) is 9.29. The molecule has 2 N–H and O–H groups in total. The summed E-state index contributed by atoms with van der Waals surface area (Å²) in [6.45, 7) is 4.03. The van der Waals surface area contributed by atoms with E-state index in [1.54, 1.807) is 26.0 Å². The molecule has 0 unspecified atom stereocenters. The summed E-state index contributed by atoms with van der Waals surface area (Å²) in [5.41, 5.74) is 0.941. The maximum Gasteiger partial charge on any atom is 0.264 e. The summed E-state index contributed by atoms with van der Waals surface area (Å²) in [5.74, 6) is -1.32. The van der Waals surface area contributed by atoms with E-state index < -0.39 is 27.3 Å². The van der Waals surface area contributed by atoms with Crippen LogP contribution in [0.1, 0.15) is 41.3 Å². The lowest BCUT2D eigenvalue weighted by Gasteiger charge is -2.38. The van der Waals surface area contributed by atoms with Gasteiger partial charge in [-0.05, 0) is 62.1 Å². The molecule has 1 amide bonds. The van der Waals surface area contributed by atoms with Gasteiger partial charge in [-0.1, -0.05) is 42.5 Å². The fourth-order valence-electron chi connectivity index (χ4n) is 4.55. The van der Waals surface area contributed by atoms with Gasteiger partial charge in [-0.15, -0.1) is 0 Å². The van der Waals surface area contributed by atoms with Gasteiger partial charge in [0.15, 0.2) is 0 Å². The fourth-order valence-corrected chi connectivity index (χ4v) is 5.83. The zero-order valence-electron chi connectivity index (χ0n) is 20.8. The highest BCUT2D eigenvalue weighted by Gasteiger charge is 2.35. The first-order valence-electron chi connectivity index (χ1n) is 12.1. The minimum Gasteiger partial charge on any atom is -0.389 e. The van der Waals surface area contributed by atoms with E-state index in [-0.39, 0.29) is 16.1 Å². The molecule has 194 valence electrons. The highest BCUT2D eigenvalue weighted by molar-refractivity contribution is 7.92. The predicted molar refractivity (Wildman–Crippen MR) is 142 cm³/mol. The van der Waals surface area contributed by atoms with E-state index in [0.717, 1.165) is 11.6 Å². The van der Waals surface area contributed by atoms with E-state index in [0.29, 0.717) is 43.6 Å². The van der Waals surface area contributed by atoms with Crippen molar-refractivity contribution in [3.63, 3.8) is 0 Å². The summed E-state index contributed by atoms with van der Waals surface area (Å²) < 4.78 is 43.4. The quantitative estimate of drug-likeness (QED) is 0.432. The molecule has 4 rings (SSSR count). The number of para-hydroxylation sites is 1. The van der Waals surface area contributed by atoms with Crippen LogP contribution in [0.15, 0.2) is 76.6 Å². The van der Waals surface area contributed by atoms with Crippen molar-refractivity contribution >= 4 is 33.5 Å². The number of anilines is 1. The van der Waals surface area contributed by atoms with E-state index >= 15 is 0 Å². The summed E-state index contributed by atoms with van der Waals surface area (Å²) in [5, 5.41) is 11.0. The molecule has 1 fully saturated rings. The Morgan fingerprint density at radius 1 is 1.11 bits per heavy atom. The van der Waals surface area contributed by atoms with Gasteiger partial charge in [0.1, 0.15) is 10.7 Å². The van der Waals surface area contributed by atoms with Gasteiger partial charge in [0.2, 0.25) is 0 Å². The molecule has 0 aromatic heterocycles. The molecule has 1 aliphatic heterocycles. The van der Waals surface area contributed by atoms with Crippen molar-refractivity contribution in [2.75, 3.05) is 17.8 Å². The van der Waals surface area contributed by atoms with Gasteiger partial charge in [0, 0.05) is 25.7 Å². The Hall–Kier alpha value is -3.56. The second kappa shape index (κ2) is 10.8. The third kappa shape index (κ3) is 6.06. The largest absolute Gasteiger partial charge is 0.389 e. The lowest BCUT2D eigenvalue weighted by molar-refractivity contribution is -0.0163. The van der Waals surface area contributed by atoms with Gasteiger partial charge in [0.05, 0.1) is 22.5 Å². The summed E-state index contributed by atoms with van der Waals surface area (Å²) in [4.78, 5) is 18.7. The number of amides is 1. The Labute approximate surface area is 216 Å². The third-order valence-electron chi connectivity index (χ3n) is 6.56. The number of nitrogens with zero attached hydrogens (tertiary/aromatic N) is 2. The van der Waals surface area contributed by atoms with Crippen molar-refractivity contribution < 1.29 is 22.7 Å². The number of hydrogen-bond donors (Lipinski definition) is 2. The molecule has 1 heterocycles. The molecule has 3 aromatic carbocycles. The molecule has 0 bridgehead atoms. The standard InChI is InChI=1S/C28H30FN3O4S/c1-3-30-26-20(2)8-7-11-25(26)37(35,36)31-22-12-13-23(24(29)18-22)27(33)32-16-14-28(34,15-17-32)19-21-9-5-4-6-10-21/h3-13,18,31,34H,14-17,19H2,1-2H3. The summed E-state index contributed by atoms with van der Waals surface area (Å²) in [7, 11) is -4.05. The number of halogens is 1. The number of aliphatic hydroxyl groups is 1.